The monoisotopic (exact) mass is 284 g/mol. The van der Waals surface area contributed by atoms with Crippen molar-refractivity contribution in [1.82, 2.24) is 9.88 Å². The van der Waals surface area contributed by atoms with Crippen LogP contribution in [0.4, 0.5) is 0 Å². The Morgan fingerprint density at radius 2 is 2.10 bits per heavy atom. The van der Waals surface area contributed by atoms with E-state index in [9.17, 15) is 5.11 Å². The molecular formula is C17H20N2O2. The molecule has 1 aliphatic heterocycles. The minimum absolute atomic E-state index is 0.0381. The lowest BCUT2D eigenvalue weighted by Gasteiger charge is -2.18. The van der Waals surface area contributed by atoms with E-state index in [2.05, 4.69) is 34.1 Å². The van der Waals surface area contributed by atoms with Gasteiger partial charge in [-0.3, -0.25) is 9.88 Å². The van der Waals surface area contributed by atoms with Gasteiger partial charge in [0.1, 0.15) is 11.9 Å². The summed E-state index contributed by atoms with van der Waals surface area (Å²) in [6, 6.07) is 12.3. The molecule has 1 aromatic heterocycles. The highest BCUT2D eigenvalue weighted by molar-refractivity contribution is 5.29. The molecular weight excluding hydrogens is 264 g/mol. The first kappa shape index (κ1) is 14.0. The van der Waals surface area contributed by atoms with Crippen molar-refractivity contribution in [1.29, 1.82) is 0 Å². The zero-order valence-corrected chi connectivity index (χ0v) is 12.0. The summed E-state index contributed by atoms with van der Waals surface area (Å²) in [6.07, 6.45) is 4.55. The zero-order chi connectivity index (χ0) is 14.5. The first-order valence-corrected chi connectivity index (χ1v) is 7.32. The highest BCUT2D eigenvalue weighted by Crippen LogP contribution is 2.22. The Hall–Kier alpha value is -1.91. The number of aromatic nitrogens is 1. The van der Waals surface area contributed by atoms with E-state index in [4.69, 9.17) is 4.74 Å². The molecule has 4 heteroatoms. The Morgan fingerprint density at radius 1 is 1.24 bits per heavy atom. The van der Waals surface area contributed by atoms with Gasteiger partial charge in [0.25, 0.3) is 0 Å². The number of hydrogen-bond donors (Lipinski definition) is 1. The number of likely N-dealkylation sites (tertiary alicyclic amines) is 1. The molecule has 0 aliphatic carbocycles. The molecule has 2 heterocycles. The number of pyridine rings is 1. The van der Waals surface area contributed by atoms with Crippen LogP contribution in [-0.4, -0.2) is 34.2 Å². The summed E-state index contributed by atoms with van der Waals surface area (Å²) in [5.41, 5.74) is 2.08. The molecule has 0 saturated carbocycles. The summed E-state index contributed by atoms with van der Waals surface area (Å²) < 4.78 is 6.02. The molecule has 3 rings (SSSR count). The van der Waals surface area contributed by atoms with Crippen molar-refractivity contribution >= 4 is 0 Å². The van der Waals surface area contributed by atoms with E-state index in [1.165, 1.54) is 5.56 Å². The fourth-order valence-electron chi connectivity index (χ4n) is 2.71. The molecule has 1 aromatic carbocycles. The largest absolute Gasteiger partial charge is 0.489 e. The van der Waals surface area contributed by atoms with Crippen molar-refractivity contribution in [2.45, 2.75) is 25.7 Å². The van der Waals surface area contributed by atoms with E-state index in [1.807, 2.05) is 12.1 Å². The van der Waals surface area contributed by atoms with E-state index < -0.39 is 0 Å². The van der Waals surface area contributed by atoms with Crippen LogP contribution in [-0.2, 0) is 13.2 Å². The first-order valence-electron chi connectivity index (χ1n) is 7.32. The third-order valence-electron chi connectivity index (χ3n) is 3.80. The van der Waals surface area contributed by atoms with Gasteiger partial charge in [-0.1, -0.05) is 30.3 Å². The number of nitrogens with zero attached hydrogens (tertiary/aromatic N) is 2. The van der Waals surface area contributed by atoms with Crippen molar-refractivity contribution in [3.63, 3.8) is 0 Å². The summed E-state index contributed by atoms with van der Waals surface area (Å²) in [7, 11) is 0. The summed E-state index contributed by atoms with van der Waals surface area (Å²) in [5.74, 6) is 0.749. The van der Waals surface area contributed by atoms with Crippen LogP contribution in [0.5, 0.6) is 5.75 Å². The van der Waals surface area contributed by atoms with Gasteiger partial charge in [-0.25, -0.2) is 0 Å². The average molecular weight is 284 g/mol. The second-order valence-corrected chi connectivity index (χ2v) is 5.39. The molecule has 0 amide bonds. The molecule has 0 radical (unpaired) electrons. The van der Waals surface area contributed by atoms with Crippen LogP contribution < -0.4 is 4.74 Å². The van der Waals surface area contributed by atoms with Crippen molar-refractivity contribution < 1.29 is 9.84 Å². The van der Waals surface area contributed by atoms with Gasteiger partial charge in [-0.05, 0) is 18.1 Å². The third-order valence-corrected chi connectivity index (χ3v) is 3.80. The minimum Gasteiger partial charge on any atom is -0.489 e. The van der Waals surface area contributed by atoms with Crippen LogP contribution in [0.2, 0.25) is 0 Å². The lowest BCUT2D eigenvalue weighted by Crippen LogP contribution is -2.24. The van der Waals surface area contributed by atoms with E-state index in [0.29, 0.717) is 0 Å². The summed E-state index contributed by atoms with van der Waals surface area (Å²) in [6.45, 7) is 2.88. The molecule has 4 nitrogen and oxygen atoms in total. The highest BCUT2D eigenvalue weighted by Gasteiger charge is 2.24. The maximum atomic E-state index is 9.31. The van der Waals surface area contributed by atoms with E-state index in [0.717, 1.165) is 37.4 Å². The van der Waals surface area contributed by atoms with Crippen LogP contribution >= 0.6 is 0 Å². The van der Waals surface area contributed by atoms with Crippen LogP contribution in [0.1, 0.15) is 17.5 Å². The number of aliphatic hydroxyl groups excluding tert-OH is 1. The van der Waals surface area contributed by atoms with Crippen LogP contribution in [0.25, 0.3) is 0 Å². The van der Waals surface area contributed by atoms with Crippen molar-refractivity contribution in [3.05, 3.63) is 59.9 Å². The highest BCUT2D eigenvalue weighted by atomic mass is 16.5. The second-order valence-electron chi connectivity index (χ2n) is 5.39. The molecule has 1 fully saturated rings. The summed E-state index contributed by atoms with van der Waals surface area (Å²) >= 11 is 0. The Bertz CT molecular complexity index is 574. The van der Waals surface area contributed by atoms with E-state index >= 15 is 0 Å². The van der Waals surface area contributed by atoms with Gasteiger partial charge in [0.2, 0.25) is 0 Å². The summed E-state index contributed by atoms with van der Waals surface area (Å²) in [4.78, 5) is 6.41. The van der Waals surface area contributed by atoms with E-state index in [1.54, 1.807) is 12.4 Å². The molecule has 0 spiro atoms. The fraction of sp³-hybridized carbons (Fsp3) is 0.353. The quantitative estimate of drug-likeness (QED) is 0.914. The second kappa shape index (κ2) is 6.70. The summed E-state index contributed by atoms with van der Waals surface area (Å²) in [5, 5.41) is 9.31. The van der Waals surface area contributed by atoms with Gasteiger partial charge in [0, 0.05) is 37.6 Å². The minimum atomic E-state index is -0.0381. The predicted molar refractivity (Wildman–Crippen MR) is 80.9 cm³/mol. The molecule has 21 heavy (non-hydrogen) atoms. The molecule has 110 valence electrons. The van der Waals surface area contributed by atoms with Gasteiger partial charge in [0.05, 0.1) is 6.61 Å². The molecule has 1 unspecified atom stereocenters. The van der Waals surface area contributed by atoms with E-state index in [-0.39, 0.29) is 12.7 Å². The Labute approximate surface area is 125 Å². The smallest absolute Gasteiger partial charge is 0.128 e. The number of hydrogen-bond acceptors (Lipinski definition) is 4. The van der Waals surface area contributed by atoms with Gasteiger partial charge < -0.3 is 9.84 Å². The normalized spacial score (nSPS) is 18.8. The number of aliphatic hydroxyl groups is 1. The third kappa shape index (κ3) is 3.60. The standard InChI is InChI=1S/C17H20N2O2/c20-13-15-10-18-8-6-17(15)21-16-7-9-19(12-16)11-14-4-2-1-3-5-14/h1-6,8,10,16,20H,7,9,11-13H2. The molecule has 1 aliphatic rings. The Balaban J connectivity index is 1.57. The molecule has 1 saturated heterocycles. The fourth-order valence-corrected chi connectivity index (χ4v) is 2.71. The van der Waals surface area contributed by atoms with Gasteiger partial charge in [-0.2, -0.15) is 0 Å². The first-order chi connectivity index (χ1) is 10.3. The zero-order valence-electron chi connectivity index (χ0n) is 12.0. The lowest BCUT2D eigenvalue weighted by molar-refractivity contribution is 0.190. The Kier molecular flexibility index (Phi) is 4.48. The Morgan fingerprint density at radius 3 is 2.90 bits per heavy atom. The topological polar surface area (TPSA) is 45.6 Å². The predicted octanol–water partition coefficient (Wildman–Crippen LogP) is 2.23. The van der Waals surface area contributed by atoms with Crippen LogP contribution in [0, 0.1) is 0 Å². The van der Waals surface area contributed by atoms with Crippen molar-refractivity contribution in [2.75, 3.05) is 13.1 Å². The van der Waals surface area contributed by atoms with Crippen LogP contribution in [0.15, 0.2) is 48.8 Å². The maximum absolute atomic E-state index is 9.31. The van der Waals surface area contributed by atoms with Gasteiger partial charge in [0.15, 0.2) is 0 Å². The number of rotatable bonds is 5. The van der Waals surface area contributed by atoms with Gasteiger partial charge in [-0.15, -0.1) is 0 Å². The molecule has 0 bridgehead atoms. The maximum Gasteiger partial charge on any atom is 0.128 e. The SMILES string of the molecule is OCc1cnccc1OC1CCN(Cc2ccccc2)C1. The van der Waals surface area contributed by atoms with Gasteiger partial charge >= 0.3 is 0 Å². The molecule has 1 N–H and O–H groups in total. The van der Waals surface area contributed by atoms with Crippen molar-refractivity contribution in [3.8, 4) is 5.75 Å². The van der Waals surface area contributed by atoms with Crippen LogP contribution in [0.3, 0.4) is 0 Å². The molecule has 1 atom stereocenters. The number of ether oxygens (including phenoxy) is 1. The van der Waals surface area contributed by atoms with Crippen molar-refractivity contribution in [2.24, 2.45) is 0 Å². The number of benzene rings is 1. The average Bonchev–Trinajstić information content (AvgIpc) is 2.96. The lowest BCUT2D eigenvalue weighted by atomic mass is 10.2. The molecule has 2 aromatic rings.